The molecule has 3 aromatic rings. The topological polar surface area (TPSA) is 91.8 Å². The maximum absolute atomic E-state index is 13.1. The standard InChI is InChI=1S/C28H29N3O6/c32-20(17-35-21-7-8-24-25(15-21)37-18-36-24)16-30-11-9-29(10-12-30)13-14-31-27(33)22-5-1-3-19-4-2-6-23(26(19)22)28(31)34/h1-8,15,20,32H,9-14,16-18H2. The molecular weight excluding hydrogens is 474 g/mol. The number of imide groups is 1. The Morgan fingerprint density at radius 3 is 2.24 bits per heavy atom. The largest absolute Gasteiger partial charge is 0.491 e. The lowest BCUT2D eigenvalue weighted by molar-refractivity contribution is 0.0416. The predicted octanol–water partition coefficient (Wildman–Crippen LogP) is 2.22. The van der Waals surface area contributed by atoms with Crippen LogP contribution >= 0.6 is 0 Å². The monoisotopic (exact) mass is 503 g/mol. The van der Waals surface area contributed by atoms with Crippen molar-refractivity contribution in [3.63, 3.8) is 0 Å². The van der Waals surface area contributed by atoms with E-state index in [1.54, 1.807) is 30.3 Å². The molecule has 3 heterocycles. The highest BCUT2D eigenvalue weighted by atomic mass is 16.7. The van der Waals surface area contributed by atoms with Gasteiger partial charge in [-0.05, 0) is 29.7 Å². The number of piperazine rings is 1. The molecule has 0 aliphatic carbocycles. The van der Waals surface area contributed by atoms with Gasteiger partial charge in [0, 0.05) is 68.4 Å². The Labute approximate surface area is 214 Å². The normalized spacial score (nSPS) is 18.5. The van der Waals surface area contributed by atoms with E-state index >= 15 is 0 Å². The minimum atomic E-state index is -0.622. The first kappa shape index (κ1) is 23.7. The summed E-state index contributed by atoms with van der Waals surface area (Å²) in [5, 5.41) is 12.1. The molecular formula is C28H29N3O6. The predicted molar refractivity (Wildman–Crippen MR) is 136 cm³/mol. The summed E-state index contributed by atoms with van der Waals surface area (Å²) in [7, 11) is 0. The fourth-order valence-corrected chi connectivity index (χ4v) is 5.23. The van der Waals surface area contributed by atoms with Gasteiger partial charge in [0.1, 0.15) is 18.5 Å². The van der Waals surface area contributed by atoms with Gasteiger partial charge in [-0.3, -0.25) is 24.3 Å². The van der Waals surface area contributed by atoms with Crippen LogP contribution < -0.4 is 14.2 Å². The van der Waals surface area contributed by atoms with Gasteiger partial charge >= 0.3 is 0 Å². The fourth-order valence-electron chi connectivity index (χ4n) is 5.23. The summed E-state index contributed by atoms with van der Waals surface area (Å²) in [5.74, 6) is 1.53. The van der Waals surface area contributed by atoms with Crippen molar-refractivity contribution in [3.8, 4) is 17.2 Å². The minimum absolute atomic E-state index is 0.188. The zero-order chi connectivity index (χ0) is 25.4. The number of rotatable bonds is 8. The van der Waals surface area contributed by atoms with Crippen LogP contribution in [0, 0.1) is 0 Å². The van der Waals surface area contributed by atoms with Crippen molar-refractivity contribution in [1.82, 2.24) is 14.7 Å². The lowest BCUT2D eigenvalue weighted by Crippen LogP contribution is -2.51. The van der Waals surface area contributed by atoms with Crippen LogP contribution in [0.25, 0.3) is 10.8 Å². The molecule has 37 heavy (non-hydrogen) atoms. The highest BCUT2D eigenvalue weighted by Crippen LogP contribution is 2.35. The van der Waals surface area contributed by atoms with Crippen LogP contribution in [-0.2, 0) is 0 Å². The number of carbonyl (C=O) groups excluding carboxylic acids is 2. The Bertz CT molecular complexity index is 1290. The average molecular weight is 504 g/mol. The SMILES string of the molecule is O=C1c2cccc3cccc(c23)C(=O)N1CCN1CCN(CC(O)COc2ccc3c(c2)OCO3)CC1. The molecule has 0 saturated carbocycles. The highest BCUT2D eigenvalue weighted by Gasteiger charge is 2.33. The van der Waals surface area contributed by atoms with Crippen molar-refractivity contribution in [3.05, 3.63) is 65.7 Å². The second-order valence-corrected chi connectivity index (χ2v) is 9.59. The van der Waals surface area contributed by atoms with Crippen molar-refractivity contribution in [2.24, 2.45) is 0 Å². The molecule has 192 valence electrons. The third-order valence-electron chi connectivity index (χ3n) is 7.22. The molecule has 9 nitrogen and oxygen atoms in total. The number of β-amino-alcohol motifs (C(OH)–C–C–N with tert-alkyl or cyclic N) is 1. The van der Waals surface area contributed by atoms with E-state index in [9.17, 15) is 14.7 Å². The molecule has 1 unspecified atom stereocenters. The summed E-state index contributed by atoms with van der Waals surface area (Å²) >= 11 is 0. The van der Waals surface area contributed by atoms with Crippen LogP contribution in [0.2, 0.25) is 0 Å². The van der Waals surface area contributed by atoms with Crippen LogP contribution in [0.3, 0.4) is 0 Å². The van der Waals surface area contributed by atoms with Crippen LogP contribution in [-0.4, -0.2) is 96.9 Å². The number of ether oxygens (including phenoxy) is 3. The summed E-state index contributed by atoms with van der Waals surface area (Å²) in [6.07, 6.45) is -0.622. The zero-order valence-electron chi connectivity index (χ0n) is 20.5. The molecule has 1 fully saturated rings. The Hall–Kier alpha value is -3.66. The Morgan fingerprint density at radius 2 is 1.51 bits per heavy atom. The van der Waals surface area contributed by atoms with Gasteiger partial charge in [-0.2, -0.15) is 0 Å². The van der Waals surface area contributed by atoms with Gasteiger partial charge in [0.2, 0.25) is 6.79 Å². The van der Waals surface area contributed by atoms with Crippen molar-refractivity contribution in [2.75, 3.05) is 59.2 Å². The molecule has 0 aromatic heterocycles. The summed E-state index contributed by atoms with van der Waals surface area (Å²) in [6, 6.07) is 16.6. The molecule has 3 aromatic carbocycles. The summed E-state index contributed by atoms with van der Waals surface area (Å²) < 4.78 is 16.4. The summed E-state index contributed by atoms with van der Waals surface area (Å²) in [6.45, 7) is 5.10. The van der Waals surface area contributed by atoms with E-state index in [0.29, 0.717) is 48.0 Å². The first-order chi connectivity index (χ1) is 18.1. The number of benzene rings is 3. The molecule has 0 bridgehead atoms. The summed E-state index contributed by atoms with van der Waals surface area (Å²) in [4.78, 5) is 32.0. The molecule has 0 radical (unpaired) electrons. The van der Waals surface area contributed by atoms with E-state index in [-0.39, 0.29) is 25.2 Å². The van der Waals surface area contributed by atoms with Gasteiger partial charge < -0.3 is 19.3 Å². The van der Waals surface area contributed by atoms with Gasteiger partial charge in [0.05, 0.1) is 0 Å². The van der Waals surface area contributed by atoms with E-state index in [1.165, 1.54) is 4.90 Å². The van der Waals surface area contributed by atoms with Crippen molar-refractivity contribution in [2.45, 2.75) is 6.10 Å². The van der Waals surface area contributed by atoms with Crippen LogP contribution in [0.1, 0.15) is 20.7 Å². The molecule has 6 rings (SSSR count). The van der Waals surface area contributed by atoms with Crippen LogP contribution in [0.5, 0.6) is 17.2 Å². The summed E-state index contributed by atoms with van der Waals surface area (Å²) in [5.41, 5.74) is 1.18. The lowest BCUT2D eigenvalue weighted by atomic mass is 9.94. The van der Waals surface area contributed by atoms with E-state index in [4.69, 9.17) is 14.2 Å². The molecule has 3 aliphatic heterocycles. The molecule has 3 aliphatic rings. The van der Waals surface area contributed by atoms with Crippen LogP contribution in [0.15, 0.2) is 54.6 Å². The average Bonchev–Trinajstić information content (AvgIpc) is 3.39. The van der Waals surface area contributed by atoms with Gasteiger partial charge in [-0.15, -0.1) is 0 Å². The van der Waals surface area contributed by atoms with Gasteiger partial charge in [-0.25, -0.2) is 0 Å². The van der Waals surface area contributed by atoms with Gasteiger partial charge in [0.15, 0.2) is 11.5 Å². The number of carbonyl (C=O) groups is 2. The Kier molecular flexibility index (Phi) is 6.42. The van der Waals surface area contributed by atoms with E-state index in [0.717, 1.165) is 37.0 Å². The Morgan fingerprint density at radius 1 is 0.838 bits per heavy atom. The fraction of sp³-hybridized carbons (Fsp3) is 0.357. The molecule has 1 saturated heterocycles. The maximum atomic E-state index is 13.1. The molecule has 9 heteroatoms. The quantitative estimate of drug-likeness (QED) is 0.468. The molecule has 2 amide bonds. The maximum Gasteiger partial charge on any atom is 0.261 e. The number of hydrogen-bond donors (Lipinski definition) is 1. The number of aliphatic hydroxyl groups excluding tert-OH is 1. The zero-order valence-corrected chi connectivity index (χ0v) is 20.5. The van der Waals surface area contributed by atoms with Crippen molar-refractivity contribution >= 4 is 22.6 Å². The molecule has 0 spiro atoms. The third-order valence-corrected chi connectivity index (χ3v) is 7.22. The first-order valence-corrected chi connectivity index (χ1v) is 12.6. The Balaban J connectivity index is 0.970. The number of fused-ring (bicyclic) bond motifs is 1. The smallest absolute Gasteiger partial charge is 0.261 e. The van der Waals surface area contributed by atoms with Crippen molar-refractivity contribution < 1.29 is 28.9 Å². The first-order valence-electron chi connectivity index (χ1n) is 12.6. The minimum Gasteiger partial charge on any atom is -0.491 e. The van der Waals surface area contributed by atoms with E-state index in [1.807, 2.05) is 24.3 Å². The molecule has 1 atom stereocenters. The molecule has 1 N–H and O–H groups in total. The number of aliphatic hydroxyl groups is 1. The lowest BCUT2D eigenvalue weighted by Gasteiger charge is -2.36. The number of nitrogens with zero attached hydrogens (tertiary/aromatic N) is 3. The van der Waals surface area contributed by atoms with Gasteiger partial charge in [0.25, 0.3) is 11.8 Å². The number of amides is 2. The van der Waals surface area contributed by atoms with E-state index in [2.05, 4.69) is 9.80 Å². The third kappa shape index (κ3) is 4.73. The second kappa shape index (κ2) is 10.0. The van der Waals surface area contributed by atoms with Crippen LogP contribution in [0.4, 0.5) is 0 Å². The highest BCUT2D eigenvalue weighted by molar-refractivity contribution is 6.25. The van der Waals surface area contributed by atoms with Crippen molar-refractivity contribution in [1.29, 1.82) is 0 Å². The van der Waals surface area contributed by atoms with E-state index < -0.39 is 6.10 Å². The second-order valence-electron chi connectivity index (χ2n) is 9.59. The number of hydrogen-bond acceptors (Lipinski definition) is 8. The van der Waals surface area contributed by atoms with Gasteiger partial charge in [-0.1, -0.05) is 24.3 Å².